The third-order valence-electron chi connectivity index (χ3n) is 2.53. The maximum Gasteiger partial charge on any atom is 0.120 e. The van der Waals surface area contributed by atoms with Crippen molar-refractivity contribution in [2.75, 3.05) is 27.4 Å². The van der Waals surface area contributed by atoms with E-state index in [-0.39, 0.29) is 12.1 Å². The summed E-state index contributed by atoms with van der Waals surface area (Å²) in [5.74, 6) is 1.88. The smallest absolute Gasteiger partial charge is 0.120 e. The molecule has 1 rings (SSSR count). The van der Waals surface area contributed by atoms with Crippen LogP contribution in [-0.2, 0) is 9.47 Å². The van der Waals surface area contributed by atoms with E-state index in [0.717, 1.165) is 18.1 Å². The Kier molecular flexibility index (Phi) is 5.52. The number of hydrogen-bond donors (Lipinski definition) is 1. The van der Waals surface area contributed by atoms with E-state index in [1.54, 1.807) is 14.2 Å². The highest BCUT2D eigenvalue weighted by Gasteiger charge is 2.12. The molecule has 0 bridgehead atoms. The quantitative estimate of drug-likeness (QED) is 0.772. The number of nitrogens with one attached hydrogen (secondary N) is 1. The molecule has 1 heterocycles. The molecule has 0 saturated heterocycles. The Morgan fingerprint density at radius 3 is 2.62 bits per heavy atom. The van der Waals surface area contributed by atoms with Gasteiger partial charge in [-0.1, -0.05) is 0 Å². The monoisotopic (exact) mass is 227 g/mol. The van der Waals surface area contributed by atoms with Gasteiger partial charge in [0.2, 0.25) is 0 Å². The Labute approximate surface area is 96.9 Å². The van der Waals surface area contributed by atoms with Crippen molar-refractivity contribution in [3.63, 3.8) is 0 Å². The second kappa shape index (κ2) is 6.68. The fourth-order valence-electron chi connectivity index (χ4n) is 1.49. The van der Waals surface area contributed by atoms with Gasteiger partial charge in [-0.25, -0.2) is 0 Å². The lowest BCUT2D eigenvalue weighted by molar-refractivity contribution is 0.0273. The third-order valence-corrected chi connectivity index (χ3v) is 2.53. The molecule has 4 heteroatoms. The average Bonchev–Trinajstić information content (AvgIpc) is 2.70. The Bertz CT molecular complexity index is 298. The normalized spacial score (nSPS) is 15.0. The van der Waals surface area contributed by atoms with Crippen molar-refractivity contribution in [3.05, 3.63) is 23.7 Å². The molecule has 0 radical (unpaired) electrons. The summed E-state index contributed by atoms with van der Waals surface area (Å²) in [6.45, 7) is 5.34. The summed E-state index contributed by atoms with van der Waals surface area (Å²) >= 11 is 0. The van der Waals surface area contributed by atoms with Gasteiger partial charge in [-0.3, -0.25) is 0 Å². The zero-order valence-electron chi connectivity index (χ0n) is 10.4. The molecule has 1 N–H and O–H groups in total. The van der Waals surface area contributed by atoms with Crippen LogP contribution in [0.2, 0.25) is 0 Å². The molecule has 0 aliphatic carbocycles. The Morgan fingerprint density at radius 1 is 1.38 bits per heavy atom. The van der Waals surface area contributed by atoms with E-state index in [2.05, 4.69) is 12.2 Å². The highest BCUT2D eigenvalue weighted by Crippen LogP contribution is 2.15. The van der Waals surface area contributed by atoms with Crippen molar-refractivity contribution in [3.8, 4) is 0 Å². The first-order valence-corrected chi connectivity index (χ1v) is 5.48. The number of methoxy groups -OCH3 is 2. The van der Waals surface area contributed by atoms with Crippen molar-refractivity contribution in [2.24, 2.45) is 0 Å². The van der Waals surface area contributed by atoms with Gasteiger partial charge in [0.1, 0.15) is 11.5 Å². The standard InChI is InChI=1S/C12H21NO3/c1-9-5-6-12(16-9)10(2)13-7-11(15-4)8-14-3/h5-6,10-11,13H,7-8H2,1-4H3. The molecule has 92 valence electrons. The highest BCUT2D eigenvalue weighted by molar-refractivity contribution is 5.08. The second-order valence-electron chi connectivity index (χ2n) is 3.89. The SMILES string of the molecule is COCC(CNC(C)c1ccc(C)o1)OC. The molecule has 0 fully saturated rings. The molecule has 16 heavy (non-hydrogen) atoms. The zero-order chi connectivity index (χ0) is 12.0. The van der Waals surface area contributed by atoms with E-state index in [1.165, 1.54) is 0 Å². The molecule has 0 aliphatic heterocycles. The van der Waals surface area contributed by atoms with Crippen LogP contribution in [-0.4, -0.2) is 33.5 Å². The Morgan fingerprint density at radius 2 is 2.12 bits per heavy atom. The van der Waals surface area contributed by atoms with Gasteiger partial charge in [-0.2, -0.15) is 0 Å². The molecular formula is C12H21NO3. The predicted molar refractivity (Wildman–Crippen MR) is 62.5 cm³/mol. The van der Waals surface area contributed by atoms with Gasteiger partial charge in [-0.05, 0) is 26.0 Å². The van der Waals surface area contributed by atoms with Crippen LogP contribution in [0.15, 0.2) is 16.5 Å². The lowest BCUT2D eigenvalue weighted by Gasteiger charge is -2.18. The maximum absolute atomic E-state index is 5.54. The fraction of sp³-hybridized carbons (Fsp3) is 0.667. The fourth-order valence-corrected chi connectivity index (χ4v) is 1.49. The minimum absolute atomic E-state index is 0.0727. The second-order valence-corrected chi connectivity index (χ2v) is 3.89. The van der Waals surface area contributed by atoms with Crippen LogP contribution in [0.4, 0.5) is 0 Å². The summed E-state index contributed by atoms with van der Waals surface area (Å²) in [5.41, 5.74) is 0. The van der Waals surface area contributed by atoms with Crippen molar-refractivity contribution >= 4 is 0 Å². The Hall–Kier alpha value is -0.840. The van der Waals surface area contributed by atoms with Crippen molar-refractivity contribution in [2.45, 2.75) is 26.0 Å². The molecule has 2 unspecified atom stereocenters. The number of furan rings is 1. The average molecular weight is 227 g/mol. The number of hydrogen-bond acceptors (Lipinski definition) is 4. The molecule has 1 aromatic rings. The highest BCUT2D eigenvalue weighted by atomic mass is 16.5. The van der Waals surface area contributed by atoms with Crippen molar-refractivity contribution in [1.29, 1.82) is 0 Å². The minimum Gasteiger partial charge on any atom is -0.465 e. The summed E-state index contributed by atoms with van der Waals surface area (Å²) in [5, 5.41) is 3.35. The molecular weight excluding hydrogens is 206 g/mol. The largest absolute Gasteiger partial charge is 0.465 e. The molecule has 0 saturated carbocycles. The lowest BCUT2D eigenvalue weighted by Crippen LogP contribution is -2.33. The number of aryl methyl sites for hydroxylation is 1. The molecule has 2 atom stereocenters. The molecule has 0 amide bonds. The van der Waals surface area contributed by atoms with E-state index >= 15 is 0 Å². The van der Waals surface area contributed by atoms with Crippen LogP contribution >= 0.6 is 0 Å². The van der Waals surface area contributed by atoms with Gasteiger partial charge in [0.25, 0.3) is 0 Å². The Balaban J connectivity index is 2.36. The topological polar surface area (TPSA) is 43.6 Å². The summed E-state index contributed by atoms with van der Waals surface area (Å²) < 4.78 is 15.8. The summed E-state index contributed by atoms with van der Waals surface area (Å²) in [6, 6.07) is 4.14. The molecule has 1 aromatic heterocycles. The molecule has 4 nitrogen and oxygen atoms in total. The third kappa shape index (κ3) is 3.96. The van der Waals surface area contributed by atoms with Crippen LogP contribution in [0, 0.1) is 6.92 Å². The van der Waals surface area contributed by atoms with Gasteiger partial charge in [0, 0.05) is 20.8 Å². The van der Waals surface area contributed by atoms with E-state index in [1.807, 2.05) is 19.1 Å². The summed E-state index contributed by atoms with van der Waals surface area (Å²) in [6.07, 6.45) is 0.0727. The molecule has 0 aromatic carbocycles. The molecule has 0 aliphatic rings. The van der Waals surface area contributed by atoms with Crippen molar-refractivity contribution in [1.82, 2.24) is 5.32 Å². The minimum atomic E-state index is 0.0727. The summed E-state index contributed by atoms with van der Waals surface area (Å²) in [7, 11) is 3.36. The van der Waals surface area contributed by atoms with Crippen LogP contribution in [0.3, 0.4) is 0 Å². The van der Waals surface area contributed by atoms with Gasteiger partial charge in [-0.15, -0.1) is 0 Å². The van der Waals surface area contributed by atoms with Gasteiger partial charge in [0.05, 0.1) is 18.8 Å². The lowest BCUT2D eigenvalue weighted by atomic mass is 10.2. The van der Waals surface area contributed by atoms with Crippen LogP contribution in [0.1, 0.15) is 24.5 Å². The first-order valence-electron chi connectivity index (χ1n) is 5.48. The van der Waals surface area contributed by atoms with Crippen LogP contribution in [0.5, 0.6) is 0 Å². The first-order chi connectivity index (χ1) is 7.67. The van der Waals surface area contributed by atoms with Crippen LogP contribution in [0.25, 0.3) is 0 Å². The molecule has 0 spiro atoms. The van der Waals surface area contributed by atoms with Crippen LogP contribution < -0.4 is 5.32 Å². The van der Waals surface area contributed by atoms with E-state index in [9.17, 15) is 0 Å². The summed E-state index contributed by atoms with van der Waals surface area (Å²) in [4.78, 5) is 0. The van der Waals surface area contributed by atoms with E-state index in [4.69, 9.17) is 13.9 Å². The van der Waals surface area contributed by atoms with E-state index < -0.39 is 0 Å². The predicted octanol–water partition coefficient (Wildman–Crippen LogP) is 1.90. The zero-order valence-corrected chi connectivity index (χ0v) is 10.4. The first kappa shape index (κ1) is 13.2. The van der Waals surface area contributed by atoms with Crippen molar-refractivity contribution < 1.29 is 13.9 Å². The number of rotatable bonds is 7. The van der Waals surface area contributed by atoms with Gasteiger partial charge < -0.3 is 19.2 Å². The maximum atomic E-state index is 5.54. The number of ether oxygens (including phenoxy) is 2. The van der Waals surface area contributed by atoms with Gasteiger partial charge >= 0.3 is 0 Å². The van der Waals surface area contributed by atoms with E-state index in [0.29, 0.717) is 6.61 Å². The van der Waals surface area contributed by atoms with Gasteiger partial charge in [0.15, 0.2) is 0 Å².